The minimum Gasteiger partial charge on any atom is -0.370 e. The lowest BCUT2D eigenvalue weighted by Crippen LogP contribution is -2.05. The number of nitrogens with zero attached hydrogens (tertiary/aromatic N) is 2. The number of aryl methyl sites for hydroxylation is 1. The fraction of sp³-hybridized carbons (Fsp3) is 0.375. The number of hydrogen-bond acceptors (Lipinski definition) is 4. The molecule has 0 fully saturated rings. The lowest BCUT2D eigenvalue weighted by Gasteiger charge is -2.10. The molecule has 0 atom stereocenters. The topological polar surface area (TPSA) is 49.8 Å². The second-order valence-corrected chi connectivity index (χ2v) is 5.42. The largest absolute Gasteiger partial charge is 0.370 e. The molecule has 0 spiro atoms. The summed E-state index contributed by atoms with van der Waals surface area (Å²) >= 11 is 6.02. The van der Waals surface area contributed by atoms with Gasteiger partial charge in [0.15, 0.2) is 0 Å². The Balaban J connectivity index is 2.02. The first-order valence-corrected chi connectivity index (χ1v) is 7.67. The number of aromatic nitrogens is 2. The number of rotatable bonds is 7. The van der Waals surface area contributed by atoms with Crippen LogP contribution in [0.1, 0.15) is 31.7 Å². The Morgan fingerprint density at radius 1 is 1.19 bits per heavy atom. The Morgan fingerprint density at radius 3 is 2.86 bits per heavy atom. The van der Waals surface area contributed by atoms with E-state index in [0.29, 0.717) is 11.0 Å². The van der Waals surface area contributed by atoms with Crippen molar-refractivity contribution in [1.82, 2.24) is 9.97 Å². The standard InChI is InChI=1S/C16H21ClN4/c1-3-4-5-9-18-15-8-10-19-16(21-15)20-14-11-13(17)7-6-12(14)2/h6-8,10-11H,3-5,9H2,1-2H3,(H2,18,19,20,21). The van der Waals surface area contributed by atoms with Gasteiger partial charge in [-0.3, -0.25) is 0 Å². The van der Waals surface area contributed by atoms with Crippen molar-refractivity contribution < 1.29 is 0 Å². The summed E-state index contributed by atoms with van der Waals surface area (Å²) in [5.74, 6) is 1.41. The molecule has 0 aliphatic heterocycles. The van der Waals surface area contributed by atoms with Crippen LogP contribution in [0.2, 0.25) is 5.02 Å². The van der Waals surface area contributed by atoms with Crippen LogP contribution < -0.4 is 10.6 Å². The fourth-order valence-corrected chi connectivity index (χ4v) is 2.13. The van der Waals surface area contributed by atoms with Crippen LogP contribution in [0.5, 0.6) is 0 Å². The maximum atomic E-state index is 6.02. The molecule has 112 valence electrons. The van der Waals surface area contributed by atoms with Crippen molar-refractivity contribution in [3.63, 3.8) is 0 Å². The van der Waals surface area contributed by atoms with Crippen molar-refractivity contribution >= 4 is 29.1 Å². The Morgan fingerprint density at radius 2 is 2.05 bits per heavy atom. The summed E-state index contributed by atoms with van der Waals surface area (Å²) in [7, 11) is 0. The molecular weight excluding hydrogens is 284 g/mol. The highest BCUT2D eigenvalue weighted by Crippen LogP contribution is 2.22. The molecule has 0 radical (unpaired) electrons. The van der Waals surface area contributed by atoms with E-state index in [2.05, 4.69) is 27.5 Å². The first kappa shape index (κ1) is 15.6. The SMILES string of the molecule is CCCCCNc1ccnc(Nc2cc(Cl)ccc2C)n1. The molecule has 2 rings (SSSR count). The predicted octanol–water partition coefficient (Wildman–Crippen LogP) is 4.78. The highest BCUT2D eigenvalue weighted by atomic mass is 35.5. The molecule has 0 saturated carbocycles. The predicted molar refractivity (Wildman–Crippen MR) is 89.5 cm³/mol. The van der Waals surface area contributed by atoms with Crippen LogP contribution in [0, 0.1) is 6.92 Å². The Bertz CT molecular complexity index is 586. The van der Waals surface area contributed by atoms with Crippen LogP contribution in [-0.4, -0.2) is 16.5 Å². The third kappa shape index (κ3) is 4.90. The van der Waals surface area contributed by atoms with Crippen molar-refractivity contribution in [2.45, 2.75) is 33.1 Å². The zero-order valence-corrected chi connectivity index (χ0v) is 13.2. The Hall–Kier alpha value is -1.81. The molecule has 4 nitrogen and oxygen atoms in total. The molecule has 0 amide bonds. The van der Waals surface area contributed by atoms with E-state index < -0.39 is 0 Å². The molecule has 2 N–H and O–H groups in total. The second kappa shape index (κ2) is 7.84. The van der Waals surface area contributed by atoms with Crippen molar-refractivity contribution in [3.8, 4) is 0 Å². The average molecular weight is 305 g/mol. The van der Waals surface area contributed by atoms with Gasteiger partial charge in [0.2, 0.25) is 5.95 Å². The number of halogens is 1. The maximum absolute atomic E-state index is 6.02. The van der Waals surface area contributed by atoms with Gasteiger partial charge in [0, 0.05) is 23.5 Å². The van der Waals surface area contributed by atoms with E-state index >= 15 is 0 Å². The monoisotopic (exact) mass is 304 g/mol. The smallest absolute Gasteiger partial charge is 0.229 e. The highest BCUT2D eigenvalue weighted by molar-refractivity contribution is 6.30. The Labute approximate surface area is 131 Å². The summed E-state index contributed by atoms with van der Waals surface area (Å²) < 4.78 is 0. The van der Waals surface area contributed by atoms with Gasteiger partial charge in [0.05, 0.1) is 0 Å². The maximum Gasteiger partial charge on any atom is 0.229 e. The van der Waals surface area contributed by atoms with Crippen LogP contribution in [0.25, 0.3) is 0 Å². The Kier molecular flexibility index (Phi) is 5.81. The van der Waals surface area contributed by atoms with Crippen LogP contribution in [0.4, 0.5) is 17.5 Å². The van der Waals surface area contributed by atoms with E-state index in [4.69, 9.17) is 11.6 Å². The molecule has 5 heteroatoms. The molecule has 0 saturated heterocycles. The minimum absolute atomic E-state index is 0.570. The number of anilines is 3. The molecule has 1 heterocycles. The van der Waals surface area contributed by atoms with Gasteiger partial charge in [-0.2, -0.15) is 4.98 Å². The molecule has 21 heavy (non-hydrogen) atoms. The number of benzene rings is 1. The lowest BCUT2D eigenvalue weighted by atomic mass is 10.2. The van der Waals surface area contributed by atoms with E-state index in [-0.39, 0.29) is 0 Å². The van der Waals surface area contributed by atoms with Gasteiger partial charge in [-0.1, -0.05) is 37.4 Å². The molecule has 0 unspecified atom stereocenters. The molecule has 0 bridgehead atoms. The molecule has 2 aromatic rings. The van der Waals surface area contributed by atoms with Gasteiger partial charge < -0.3 is 10.6 Å². The second-order valence-electron chi connectivity index (χ2n) is 4.98. The summed E-state index contributed by atoms with van der Waals surface area (Å²) in [6.07, 6.45) is 5.34. The normalized spacial score (nSPS) is 10.4. The summed E-state index contributed by atoms with van der Waals surface area (Å²) in [4.78, 5) is 8.70. The zero-order chi connectivity index (χ0) is 15.1. The average Bonchev–Trinajstić information content (AvgIpc) is 2.48. The third-order valence-corrected chi connectivity index (χ3v) is 3.42. The lowest BCUT2D eigenvalue weighted by molar-refractivity contribution is 0.742. The van der Waals surface area contributed by atoms with E-state index in [1.165, 1.54) is 12.8 Å². The first-order valence-electron chi connectivity index (χ1n) is 7.29. The van der Waals surface area contributed by atoms with Crippen molar-refractivity contribution in [1.29, 1.82) is 0 Å². The molecule has 0 aliphatic rings. The van der Waals surface area contributed by atoms with Gasteiger partial charge in [0.25, 0.3) is 0 Å². The summed E-state index contributed by atoms with van der Waals surface area (Å²) in [5.41, 5.74) is 2.02. The summed E-state index contributed by atoms with van der Waals surface area (Å²) in [6.45, 7) is 5.14. The summed E-state index contributed by atoms with van der Waals surface area (Å²) in [6, 6.07) is 7.59. The van der Waals surface area contributed by atoms with Gasteiger partial charge in [-0.05, 0) is 37.1 Å². The van der Waals surface area contributed by atoms with Crippen LogP contribution in [-0.2, 0) is 0 Å². The van der Waals surface area contributed by atoms with E-state index in [9.17, 15) is 0 Å². The van der Waals surface area contributed by atoms with Gasteiger partial charge >= 0.3 is 0 Å². The third-order valence-electron chi connectivity index (χ3n) is 3.19. The quantitative estimate of drug-likeness (QED) is 0.722. The fourth-order valence-electron chi connectivity index (χ4n) is 1.96. The molecule has 1 aromatic carbocycles. The first-order chi connectivity index (χ1) is 10.2. The summed E-state index contributed by atoms with van der Waals surface area (Å²) in [5, 5.41) is 7.21. The van der Waals surface area contributed by atoms with E-state index in [1.807, 2.05) is 31.2 Å². The number of hydrogen-bond donors (Lipinski definition) is 2. The van der Waals surface area contributed by atoms with Crippen LogP contribution in [0.3, 0.4) is 0 Å². The van der Waals surface area contributed by atoms with Crippen molar-refractivity contribution in [3.05, 3.63) is 41.0 Å². The van der Waals surface area contributed by atoms with Crippen molar-refractivity contribution in [2.75, 3.05) is 17.2 Å². The van der Waals surface area contributed by atoms with Gasteiger partial charge in [0.1, 0.15) is 5.82 Å². The highest BCUT2D eigenvalue weighted by Gasteiger charge is 2.03. The minimum atomic E-state index is 0.570. The number of nitrogens with one attached hydrogen (secondary N) is 2. The van der Waals surface area contributed by atoms with Gasteiger partial charge in [-0.15, -0.1) is 0 Å². The van der Waals surface area contributed by atoms with E-state index in [1.54, 1.807) is 6.20 Å². The van der Waals surface area contributed by atoms with Crippen LogP contribution >= 0.6 is 11.6 Å². The number of unbranched alkanes of at least 4 members (excludes halogenated alkanes) is 2. The zero-order valence-electron chi connectivity index (χ0n) is 12.5. The molecule has 0 aliphatic carbocycles. The van der Waals surface area contributed by atoms with Gasteiger partial charge in [-0.25, -0.2) is 4.98 Å². The van der Waals surface area contributed by atoms with E-state index in [0.717, 1.165) is 30.0 Å². The van der Waals surface area contributed by atoms with Crippen LogP contribution in [0.15, 0.2) is 30.5 Å². The molecular formula is C16H21ClN4. The van der Waals surface area contributed by atoms with Crippen molar-refractivity contribution in [2.24, 2.45) is 0 Å². The molecule has 1 aromatic heterocycles.